The maximum absolute atomic E-state index is 12.0. The second-order valence-electron chi connectivity index (χ2n) is 7.22. The lowest BCUT2D eigenvalue weighted by atomic mass is 9.96. The molecule has 0 spiro atoms. The van der Waals surface area contributed by atoms with E-state index >= 15 is 0 Å². The van der Waals surface area contributed by atoms with E-state index in [1.807, 2.05) is 26.8 Å². The average molecular weight is 375 g/mol. The van der Waals surface area contributed by atoms with Gasteiger partial charge in [0, 0.05) is 24.8 Å². The van der Waals surface area contributed by atoms with Gasteiger partial charge in [-0.1, -0.05) is 38.1 Å². The topological polar surface area (TPSA) is 115 Å². The van der Waals surface area contributed by atoms with E-state index < -0.39 is 12.6 Å². The molecule has 0 aliphatic rings. The highest BCUT2D eigenvalue weighted by Crippen LogP contribution is 2.19. The van der Waals surface area contributed by atoms with Gasteiger partial charge in [-0.15, -0.1) is 0 Å². The summed E-state index contributed by atoms with van der Waals surface area (Å²) in [6, 6.07) is 6.96. The predicted octanol–water partition coefficient (Wildman–Crippen LogP) is 2.47. The zero-order valence-corrected chi connectivity index (χ0v) is 15.8. The highest BCUT2D eigenvalue weighted by molar-refractivity contribution is 5.75. The minimum atomic E-state index is -1.04. The van der Waals surface area contributed by atoms with Crippen LogP contribution in [-0.4, -0.2) is 33.7 Å². The van der Waals surface area contributed by atoms with Crippen LogP contribution in [0.15, 0.2) is 28.8 Å². The van der Waals surface area contributed by atoms with Gasteiger partial charge in [-0.2, -0.15) is 4.98 Å². The van der Waals surface area contributed by atoms with Crippen molar-refractivity contribution in [3.05, 3.63) is 41.5 Å². The number of nitrogens with zero attached hydrogens (tertiary/aromatic N) is 2. The third kappa shape index (κ3) is 7.08. The fourth-order valence-corrected chi connectivity index (χ4v) is 2.24. The number of amides is 1. The van der Waals surface area contributed by atoms with Gasteiger partial charge in [0.2, 0.25) is 11.8 Å². The number of nitrogens with one attached hydrogen (secondary N) is 1. The fourth-order valence-electron chi connectivity index (χ4n) is 2.24. The zero-order valence-electron chi connectivity index (χ0n) is 15.8. The van der Waals surface area contributed by atoms with E-state index in [4.69, 9.17) is 14.4 Å². The third-order valence-electron chi connectivity index (χ3n) is 3.68. The number of benzene rings is 1. The number of carboxylic acid groups (broad SMARTS) is 1. The smallest absolute Gasteiger partial charge is 0.341 e. The van der Waals surface area contributed by atoms with Crippen molar-refractivity contribution in [2.75, 3.05) is 6.61 Å². The molecule has 0 bridgehead atoms. The standard InChI is InChI=1S/C19H25N3O5/c1-19(2,3)18-21-16(27-22-18)9-5-8-15(23)20-11-13-6-4-7-14(10-13)26-12-17(24)25/h4,6-7,10H,5,8-9,11-12H2,1-3H3,(H,20,23)(H,24,25). The molecule has 0 aliphatic heterocycles. The van der Waals surface area contributed by atoms with Crippen LogP contribution in [0, 0.1) is 0 Å². The van der Waals surface area contributed by atoms with Crippen LogP contribution in [0.4, 0.5) is 0 Å². The van der Waals surface area contributed by atoms with E-state index in [0.717, 1.165) is 5.56 Å². The van der Waals surface area contributed by atoms with Gasteiger partial charge in [0.25, 0.3) is 0 Å². The molecular formula is C19H25N3O5. The number of ether oxygens (including phenoxy) is 1. The minimum absolute atomic E-state index is 0.0811. The van der Waals surface area contributed by atoms with Crippen LogP contribution >= 0.6 is 0 Å². The Morgan fingerprint density at radius 1 is 1.30 bits per heavy atom. The monoisotopic (exact) mass is 375 g/mol. The Morgan fingerprint density at radius 2 is 2.07 bits per heavy atom. The highest BCUT2D eigenvalue weighted by atomic mass is 16.5. The normalized spacial score (nSPS) is 11.2. The lowest BCUT2D eigenvalue weighted by Crippen LogP contribution is -2.22. The Bertz CT molecular complexity index is 780. The van der Waals surface area contributed by atoms with Crippen molar-refractivity contribution in [3.8, 4) is 5.75 Å². The molecule has 2 aromatic rings. The Hall–Kier alpha value is -2.90. The first-order valence-corrected chi connectivity index (χ1v) is 8.77. The molecule has 0 saturated heterocycles. The number of hydrogen-bond acceptors (Lipinski definition) is 6. The molecule has 0 fully saturated rings. The zero-order chi connectivity index (χ0) is 19.9. The van der Waals surface area contributed by atoms with Gasteiger partial charge in [0.1, 0.15) is 5.75 Å². The van der Waals surface area contributed by atoms with Gasteiger partial charge in [0.15, 0.2) is 12.4 Å². The Morgan fingerprint density at radius 3 is 2.74 bits per heavy atom. The molecule has 0 unspecified atom stereocenters. The molecule has 1 amide bonds. The molecule has 146 valence electrons. The Labute approximate surface area is 157 Å². The summed E-state index contributed by atoms with van der Waals surface area (Å²) in [4.78, 5) is 26.9. The molecule has 1 heterocycles. The second-order valence-corrected chi connectivity index (χ2v) is 7.22. The Balaban J connectivity index is 1.72. The van der Waals surface area contributed by atoms with Crippen molar-refractivity contribution in [3.63, 3.8) is 0 Å². The summed E-state index contributed by atoms with van der Waals surface area (Å²) in [6.07, 6.45) is 1.51. The van der Waals surface area contributed by atoms with Crippen molar-refractivity contribution >= 4 is 11.9 Å². The lowest BCUT2D eigenvalue weighted by Gasteiger charge is -2.10. The van der Waals surface area contributed by atoms with Gasteiger partial charge in [-0.3, -0.25) is 4.79 Å². The summed E-state index contributed by atoms with van der Waals surface area (Å²) in [5.74, 6) is 0.533. The molecule has 27 heavy (non-hydrogen) atoms. The van der Waals surface area contributed by atoms with Crippen molar-refractivity contribution < 1.29 is 24.0 Å². The first kappa shape index (κ1) is 20.4. The summed E-state index contributed by atoms with van der Waals surface area (Å²) in [5.41, 5.74) is 0.667. The Kier molecular flexibility index (Phi) is 6.92. The number of carbonyl (C=O) groups excluding carboxylic acids is 1. The van der Waals surface area contributed by atoms with E-state index in [1.54, 1.807) is 18.2 Å². The molecule has 1 aromatic heterocycles. The van der Waals surface area contributed by atoms with Crippen LogP contribution in [0.25, 0.3) is 0 Å². The summed E-state index contributed by atoms with van der Waals surface area (Å²) in [5, 5.41) is 15.4. The van der Waals surface area contributed by atoms with Crippen LogP contribution in [-0.2, 0) is 28.0 Å². The molecule has 2 N–H and O–H groups in total. The van der Waals surface area contributed by atoms with Crippen molar-refractivity contribution in [2.24, 2.45) is 0 Å². The highest BCUT2D eigenvalue weighted by Gasteiger charge is 2.20. The molecule has 0 aliphatic carbocycles. The van der Waals surface area contributed by atoms with Crippen LogP contribution in [0.2, 0.25) is 0 Å². The maximum Gasteiger partial charge on any atom is 0.341 e. The number of aliphatic carboxylic acids is 1. The number of aryl methyl sites for hydroxylation is 1. The van der Waals surface area contributed by atoms with Crippen LogP contribution in [0.5, 0.6) is 5.75 Å². The summed E-state index contributed by atoms with van der Waals surface area (Å²) < 4.78 is 10.3. The van der Waals surface area contributed by atoms with E-state index in [2.05, 4.69) is 15.5 Å². The number of rotatable bonds is 9. The van der Waals surface area contributed by atoms with Crippen LogP contribution < -0.4 is 10.1 Å². The number of carbonyl (C=O) groups is 2. The molecular weight excluding hydrogens is 350 g/mol. The molecule has 2 rings (SSSR count). The summed E-state index contributed by atoms with van der Waals surface area (Å²) >= 11 is 0. The lowest BCUT2D eigenvalue weighted by molar-refractivity contribution is -0.139. The van der Waals surface area contributed by atoms with Gasteiger partial charge >= 0.3 is 5.97 Å². The predicted molar refractivity (Wildman–Crippen MR) is 97.4 cm³/mol. The number of aromatic nitrogens is 2. The van der Waals surface area contributed by atoms with Crippen molar-refractivity contribution in [2.45, 2.75) is 52.0 Å². The number of carboxylic acids is 1. The summed E-state index contributed by atoms with van der Waals surface area (Å²) in [7, 11) is 0. The summed E-state index contributed by atoms with van der Waals surface area (Å²) in [6.45, 7) is 5.98. The molecule has 1 aromatic carbocycles. The largest absolute Gasteiger partial charge is 0.482 e. The van der Waals surface area contributed by atoms with Gasteiger partial charge in [0.05, 0.1) is 0 Å². The molecule has 0 saturated carbocycles. The van der Waals surface area contributed by atoms with Crippen molar-refractivity contribution in [1.29, 1.82) is 0 Å². The van der Waals surface area contributed by atoms with E-state index in [0.29, 0.717) is 43.3 Å². The minimum Gasteiger partial charge on any atom is -0.482 e. The quantitative estimate of drug-likeness (QED) is 0.692. The molecule has 0 radical (unpaired) electrons. The van der Waals surface area contributed by atoms with Gasteiger partial charge < -0.3 is 19.7 Å². The first-order valence-electron chi connectivity index (χ1n) is 8.77. The average Bonchev–Trinajstić information content (AvgIpc) is 3.08. The SMILES string of the molecule is CC(C)(C)c1noc(CCCC(=O)NCc2cccc(OCC(=O)O)c2)n1. The fraction of sp³-hybridized carbons (Fsp3) is 0.474. The van der Waals surface area contributed by atoms with E-state index in [-0.39, 0.29) is 11.3 Å². The number of hydrogen-bond donors (Lipinski definition) is 2. The van der Waals surface area contributed by atoms with Crippen LogP contribution in [0.3, 0.4) is 0 Å². The maximum atomic E-state index is 12.0. The third-order valence-corrected chi connectivity index (χ3v) is 3.68. The van der Waals surface area contributed by atoms with Gasteiger partial charge in [-0.05, 0) is 24.1 Å². The van der Waals surface area contributed by atoms with Gasteiger partial charge in [-0.25, -0.2) is 4.79 Å². The molecule has 0 atom stereocenters. The van der Waals surface area contributed by atoms with E-state index in [1.165, 1.54) is 0 Å². The van der Waals surface area contributed by atoms with Crippen molar-refractivity contribution in [1.82, 2.24) is 15.5 Å². The van der Waals surface area contributed by atoms with E-state index in [9.17, 15) is 9.59 Å². The molecule has 8 heteroatoms. The first-order chi connectivity index (χ1) is 12.7. The van der Waals surface area contributed by atoms with Crippen LogP contribution in [0.1, 0.15) is 50.9 Å². The molecule has 8 nitrogen and oxygen atoms in total. The second kappa shape index (κ2) is 9.16.